The number of amides is 1. The molecule has 2 aromatic carbocycles. The number of rotatable bonds is 8. The first-order valence-corrected chi connectivity index (χ1v) is 10.3. The molecule has 0 bridgehead atoms. The molecule has 0 spiro atoms. The third-order valence-electron chi connectivity index (χ3n) is 5.05. The number of guanidine groups is 1. The Labute approximate surface area is 201 Å². The summed E-state index contributed by atoms with van der Waals surface area (Å²) in [6, 6.07) is 13.9. The zero-order valence-electron chi connectivity index (χ0n) is 18.3. The van der Waals surface area contributed by atoms with Crippen molar-refractivity contribution in [1.29, 1.82) is 0 Å². The lowest BCUT2D eigenvalue weighted by atomic mass is 10.1. The maximum atomic E-state index is 12.0. The molecule has 0 aromatic heterocycles. The molecule has 0 radical (unpaired) electrons. The van der Waals surface area contributed by atoms with E-state index in [2.05, 4.69) is 27.8 Å². The summed E-state index contributed by atoms with van der Waals surface area (Å²) in [7, 11) is 3.35. The molecule has 1 amide bonds. The van der Waals surface area contributed by atoms with Crippen LogP contribution in [0.15, 0.2) is 47.5 Å². The minimum Gasteiger partial charge on any atom is -0.493 e. The fraction of sp³-hybridized carbons (Fsp3) is 0.391. The second-order valence-corrected chi connectivity index (χ2v) is 7.04. The number of aliphatic imine (C=N–C) groups is 1. The van der Waals surface area contributed by atoms with Crippen LogP contribution in [-0.4, -0.2) is 44.1 Å². The van der Waals surface area contributed by atoms with Gasteiger partial charge in [-0.05, 0) is 36.6 Å². The highest BCUT2D eigenvalue weighted by molar-refractivity contribution is 14.0. The van der Waals surface area contributed by atoms with Crippen molar-refractivity contribution in [2.45, 2.75) is 32.9 Å². The Hall–Kier alpha value is -2.49. The molecule has 1 aliphatic rings. The second-order valence-electron chi connectivity index (χ2n) is 7.04. The maximum Gasteiger partial charge on any atom is 0.222 e. The Balaban J connectivity index is 0.00000341. The first-order chi connectivity index (χ1) is 14.6. The fourth-order valence-electron chi connectivity index (χ4n) is 3.48. The van der Waals surface area contributed by atoms with Crippen molar-refractivity contribution in [3.63, 3.8) is 0 Å². The molecule has 0 saturated carbocycles. The predicted molar refractivity (Wildman–Crippen MR) is 134 cm³/mol. The molecule has 2 aromatic rings. The Morgan fingerprint density at radius 3 is 2.58 bits per heavy atom. The van der Waals surface area contributed by atoms with Gasteiger partial charge in [-0.3, -0.25) is 9.79 Å². The Morgan fingerprint density at radius 2 is 1.94 bits per heavy atom. The summed E-state index contributed by atoms with van der Waals surface area (Å²) in [5, 5.41) is 6.63. The minimum absolute atomic E-state index is 0. The van der Waals surface area contributed by atoms with E-state index >= 15 is 0 Å². The Morgan fingerprint density at radius 1 is 1.16 bits per heavy atom. The van der Waals surface area contributed by atoms with Gasteiger partial charge in [-0.1, -0.05) is 24.3 Å². The van der Waals surface area contributed by atoms with Gasteiger partial charge in [0.1, 0.15) is 0 Å². The third kappa shape index (κ3) is 6.75. The van der Waals surface area contributed by atoms with E-state index < -0.39 is 0 Å². The molecule has 3 rings (SSSR count). The van der Waals surface area contributed by atoms with Crippen molar-refractivity contribution >= 4 is 41.5 Å². The van der Waals surface area contributed by atoms with Crippen LogP contribution in [0.1, 0.15) is 30.9 Å². The average Bonchev–Trinajstić information content (AvgIpc) is 3.17. The van der Waals surface area contributed by atoms with Crippen LogP contribution in [0.3, 0.4) is 0 Å². The highest BCUT2D eigenvalue weighted by Crippen LogP contribution is 2.30. The number of anilines is 1. The summed E-state index contributed by atoms with van der Waals surface area (Å²) in [6.07, 6.45) is 1.60. The van der Waals surface area contributed by atoms with Crippen molar-refractivity contribution in [3.8, 4) is 11.5 Å². The van der Waals surface area contributed by atoms with E-state index in [4.69, 9.17) is 9.47 Å². The molecular formula is C23H31IN4O3. The normalized spacial score (nSPS) is 13.6. The standard InChI is InChI=1S/C23H30N4O3.HI/c1-4-30-20-12-11-19(14-21(20)29-3)26-23(24-2)25-15-17-8-5-6-9-18(17)16-27-13-7-10-22(27)28;/h5-6,8-9,11-12,14H,4,7,10,13,15-16H2,1-3H3,(H2,24,25,26);1H. The molecule has 168 valence electrons. The van der Waals surface area contributed by atoms with Crippen LogP contribution in [0, 0.1) is 0 Å². The van der Waals surface area contributed by atoms with Crippen LogP contribution in [-0.2, 0) is 17.9 Å². The summed E-state index contributed by atoms with van der Waals surface area (Å²) in [5.74, 6) is 2.25. The molecule has 2 N–H and O–H groups in total. The van der Waals surface area contributed by atoms with E-state index in [9.17, 15) is 4.79 Å². The van der Waals surface area contributed by atoms with Crippen molar-refractivity contribution < 1.29 is 14.3 Å². The van der Waals surface area contributed by atoms with E-state index in [0.29, 0.717) is 43.6 Å². The lowest BCUT2D eigenvalue weighted by molar-refractivity contribution is -0.128. The topological polar surface area (TPSA) is 75.2 Å². The number of likely N-dealkylation sites (tertiary alicyclic amines) is 1. The van der Waals surface area contributed by atoms with E-state index in [1.165, 1.54) is 0 Å². The molecule has 31 heavy (non-hydrogen) atoms. The average molecular weight is 538 g/mol. The third-order valence-corrected chi connectivity index (χ3v) is 5.05. The number of hydrogen-bond donors (Lipinski definition) is 2. The summed E-state index contributed by atoms with van der Waals surface area (Å²) in [5.41, 5.74) is 3.14. The number of ether oxygens (including phenoxy) is 2. The van der Waals surface area contributed by atoms with E-state index in [0.717, 1.165) is 29.8 Å². The van der Waals surface area contributed by atoms with Crippen LogP contribution in [0.25, 0.3) is 0 Å². The molecule has 1 saturated heterocycles. The summed E-state index contributed by atoms with van der Waals surface area (Å²) in [6.45, 7) is 4.61. The van der Waals surface area contributed by atoms with Gasteiger partial charge in [0.05, 0.1) is 13.7 Å². The van der Waals surface area contributed by atoms with Crippen LogP contribution in [0.5, 0.6) is 11.5 Å². The first-order valence-electron chi connectivity index (χ1n) is 10.3. The van der Waals surface area contributed by atoms with Crippen molar-refractivity contribution in [2.24, 2.45) is 4.99 Å². The van der Waals surface area contributed by atoms with Crippen LogP contribution >= 0.6 is 24.0 Å². The molecule has 0 atom stereocenters. The van der Waals surface area contributed by atoms with Gasteiger partial charge in [-0.15, -0.1) is 24.0 Å². The lowest BCUT2D eigenvalue weighted by Crippen LogP contribution is -2.31. The number of hydrogen-bond acceptors (Lipinski definition) is 4. The van der Waals surface area contributed by atoms with Gasteiger partial charge in [0.25, 0.3) is 0 Å². The summed E-state index contributed by atoms with van der Waals surface area (Å²) >= 11 is 0. The Kier molecular flexibility index (Phi) is 9.90. The fourth-order valence-corrected chi connectivity index (χ4v) is 3.48. The SMILES string of the molecule is CCOc1ccc(NC(=NC)NCc2ccccc2CN2CCCC2=O)cc1OC.I. The molecule has 1 aliphatic heterocycles. The smallest absolute Gasteiger partial charge is 0.222 e. The summed E-state index contributed by atoms with van der Waals surface area (Å²) < 4.78 is 11.0. The predicted octanol–water partition coefficient (Wildman–Crippen LogP) is 4.02. The number of nitrogens with zero attached hydrogens (tertiary/aromatic N) is 2. The number of halogens is 1. The largest absolute Gasteiger partial charge is 0.493 e. The maximum absolute atomic E-state index is 12.0. The van der Waals surface area contributed by atoms with Gasteiger partial charge < -0.3 is 25.0 Å². The lowest BCUT2D eigenvalue weighted by Gasteiger charge is -2.19. The highest BCUT2D eigenvalue weighted by atomic mass is 127. The van der Waals surface area contributed by atoms with Crippen molar-refractivity contribution in [3.05, 3.63) is 53.6 Å². The van der Waals surface area contributed by atoms with E-state index in [-0.39, 0.29) is 29.9 Å². The summed E-state index contributed by atoms with van der Waals surface area (Å²) in [4.78, 5) is 18.2. The molecular weight excluding hydrogens is 507 g/mol. The number of carbonyl (C=O) groups is 1. The van der Waals surface area contributed by atoms with Crippen molar-refractivity contribution in [2.75, 3.05) is 32.6 Å². The molecule has 0 unspecified atom stereocenters. The second kappa shape index (κ2) is 12.4. The number of methoxy groups -OCH3 is 1. The van der Waals surface area contributed by atoms with Gasteiger partial charge >= 0.3 is 0 Å². The minimum atomic E-state index is 0. The first kappa shape index (κ1) is 24.8. The van der Waals surface area contributed by atoms with E-state index in [1.54, 1.807) is 14.2 Å². The number of carbonyl (C=O) groups excluding carboxylic acids is 1. The zero-order chi connectivity index (χ0) is 21.3. The number of benzene rings is 2. The van der Waals surface area contributed by atoms with Gasteiger partial charge in [-0.25, -0.2) is 0 Å². The Bertz CT molecular complexity index is 904. The molecule has 1 heterocycles. The van der Waals surface area contributed by atoms with Crippen LogP contribution < -0.4 is 20.1 Å². The monoisotopic (exact) mass is 538 g/mol. The number of nitrogens with one attached hydrogen (secondary N) is 2. The molecule has 8 heteroatoms. The molecule has 1 fully saturated rings. The quantitative estimate of drug-likeness (QED) is 0.302. The highest BCUT2D eigenvalue weighted by Gasteiger charge is 2.20. The molecule has 7 nitrogen and oxygen atoms in total. The van der Waals surface area contributed by atoms with Gasteiger partial charge in [0.2, 0.25) is 5.91 Å². The van der Waals surface area contributed by atoms with Gasteiger partial charge in [0.15, 0.2) is 17.5 Å². The molecule has 0 aliphatic carbocycles. The van der Waals surface area contributed by atoms with Gasteiger partial charge in [-0.2, -0.15) is 0 Å². The van der Waals surface area contributed by atoms with Crippen LogP contribution in [0.4, 0.5) is 5.69 Å². The van der Waals surface area contributed by atoms with Crippen LogP contribution in [0.2, 0.25) is 0 Å². The van der Waals surface area contributed by atoms with E-state index in [1.807, 2.05) is 42.2 Å². The van der Waals surface area contributed by atoms with Crippen molar-refractivity contribution in [1.82, 2.24) is 10.2 Å². The zero-order valence-corrected chi connectivity index (χ0v) is 20.6. The van der Waals surface area contributed by atoms with Gasteiger partial charge in [0, 0.05) is 44.9 Å².